The summed E-state index contributed by atoms with van der Waals surface area (Å²) >= 11 is 0. The molecule has 0 saturated carbocycles. The van der Waals surface area contributed by atoms with Gasteiger partial charge in [0.1, 0.15) is 17.7 Å². The minimum Gasteiger partial charge on any atom is -0.386 e. The SMILES string of the molecule is CCC(OC)C(O)c1cc(F)ccc1F. The van der Waals surface area contributed by atoms with Crippen molar-refractivity contribution in [2.24, 2.45) is 0 Å². The van der Waals surface area contributed by atoms with Crippen LogP contribution in [0.25, 0.3) is 0 Å². The summed E-state index contributed by atoms with van der Waals surface area (Å²) in [6, 6.07) is 3.00. The van der Waals surface area contributed by atoms with Gasteiger partial charge < -0.3 is 9.84 Å². The van der Waals surface area contributed by atoms with Crippen LogP contribution in [0.5, 0.6) is 0 Å². The molecule has 2 unspecified atom stereocenters. The van der Waals surface area contributed by atoms with Crippen LogP contribution in [0.15, 0.2) is 18.2 Å². The first-order valence-electron chi connectivity index (χ1n) is 4.76. The molecule has 0 bridgehead atoms. The lowest BCUT2D eigenvalue weighted by molar-refractivity contribution is -0.0166. The Bertz CT molecular complexity index is 324. The lowest BCUT2D eigenvalue weighted by atomic mass is 10.0. The minimum atomic E-state index is -1.14. The van der Waals surface area contributed by atoms with Crippen molar-refractivity contribution in [2.75, 3.05) is 7.11 Å². The van der Waals surface area contributed by atoms with Crippen LogP contribution in [0.1, 0.15) is 25.0 Å². The fourth-order valence-corrected chi connectivity index (χ4v) is 1.46. The molecule has 1 rings (SSSR count). The minimum absolute atomic E-state index is 0.0660. The van der Waals surface area contributed by atoms with Crippen molar-refractivity contribution in [3.8, 4) is 0 Å². The second-order valence-electron chi connectivity index (χ2n) is 3.29. The maximum absolute atomic E-state index is 13.3. The van der Waals surface area contributed by atoms with Crippen LogP contribution < -0.4 is 0 Å². The summed E-state index contributed by atoms with van der Waals surface area (Å²) in [5.41, 5.74) is -0.0660. The molecule has 0 aromatic heterocycles. The van der Waals surface area contributed by atoms with Gasteiger partial charge in [-0.25, -0.2) is 8.78 Å². The number of aliphatic hydroxyl groups excluding tert-OH is 1. The summed E-state index contributed by atoms with van der Waals surface area (Å²) in [7, 11) is 1.43. The van der Waals surface area contributed by atoms with E-state index < -0.39 is 23.8 Å². The Morgan fingerprint density at radius 2 is 2.07 bits per heavy atom. The van der Waals surface area contributed by atoms with Gasteiger partial charge in [0.05, 0.1) is 6.10 Å². The van der Waals surface area contributed by atoms with Crippen molar-refractivity contribution >= 4 is 0 Å². The van der Waals surface area contributed by atoms with Crippen molar-refractivity contribution in [2.45, 2.75) is 25.6 Å². The van der Waals surface area contributed by atoms with Crippen LogP contribution in [-0.2, 0) is 4.74 Å². The zero-order valence-electron chi connectivity index (χ0n) is 8.71. The van der Waals surface area contributed by atoms with Crippen molar-refractivity contribution in [3.05, 3.63) is 35.4 Å². The van der Waals surface area contributed by atoms with Gasteiger partial charge in [0.2, 0.25) is 0 Å². The summed E-state index contributed by atoms with van der Waals surface area (Å²) in [6.45, 7) is 1.80. The van der Waals surface area contributed by atoms with Gasteiger partial charge in [-0.15, -0.1) is 0 Å². The Balaban J connectivity index is 2.98. The highest BCUT2D eigenvalue weighted by molar-refractivity contribution is 5.21. The molecule has 0 saturated heterocycles. The average molecular weight is 216 g/mol. The molecule has 1 N–H and O–H groups in total. The molecule has 0 amide bonds. The molecule has 15 heavy (non-hydrogen) atoms. The normalized spacial score (nSPS) is 15.0. The maximum Gasteiger partial charge on any atom is 0.129 e. The lowest BCUT2D eigenvalue weighted by Crippen LogP contribution is -2.21. The molecule has 1 aromatic rings. The van der Waals surface area contributed by atoms with Gasteiger partial charge in [-0.05, 0) is 24.6 Å². The van der Waals surface area contributed by atoms with Gasteiger partial charge in [-0.3, -0.25) is 0 Å². The molecule has 0 aliphatic rings. The molecule has 0 heterocycles. The predicted octanol–water partition coefficient (Wildman–Crippen LogP) is 2.42. The highest BCUT2D eigenvalue weighted by Gasteiger charge is 2.22. The zero-order valence-corrected chi connectivity index (χ0v) is 8.71. The second kappa shape index (κ2) is 5.19. The van der Waals surface area contributed by atoms with Gasteiger partial charge in [-0.1, -0.05) is 6.92 Å². The Hall–Kier alpha value is -1.00. The third-order valence-electron chi connectivity index (χ3n) is 2.33. The average Bonchev–Trinajstić information content (AvgIpc) is 2.23. The number of aliphatic hydroxyl groups is 1. The summed E-state index contributed by atoms with van der Waals surface area (Å²) in [6.07, 6.45) is -1.15. The topological polar surface area (TPSA) is 29.5 Å². The van der Waals surface area contributed by atoms with Crippen molar-refractivity contribution in [3.63, 3.8) is 0 Å². The van der Waals surface area contributed by atoms with Gasteiger partial charge >= 0.3 is 0 Å². The Morgan fingerprint density at radius 3 is 2.60 bits per heavy atom. The number of hydrogen-bond acceptors (Lipinski definition) is 2. The van der Waals surface area contributed by atoms with E-state index in [9.17, 15) is 13.9 Å². The quantitative estimate of drug-likeness (QED) is 0.837. The summed E-state index contributed by atoms with van der Waals surface area (Å²) < 4.78 is 31.1. The summed E-state index contributed by atoms with van der Waals surface area (Å²) in [4.78, 5) is 0. The van der Waals surface area contributed by atoms with E-state index in [-0.39, 0.29) is 5.56 Å². The number of methoxy groups -OCH3 is 1. The Labute approximate surface area is 87.5 Å². The van der Waals surface area contributed by atoms with E-state index in [1.165, 1.54) is 7.11 Å². The second-order valence-corrected chi connectivity index (χ2v) is 3.29. The van der Waals surface area contributed by atoms with Crippen LogP contribution >= 0.6 is 0 Å². The number of benzene rings is 1. The number of halogens is 2. The summed E-state index contributed by atoms with van der Waals surface area (Å²) in [5.74, 6) is -1.20. The smallest absolute Gasteiger partial charge is 0.129 e. The Kier molecular flexibility index (Phi) is 4.17. The lowest BCUT2D eigenvalue weighted by Gasteiger charge is -2.20. The number of ether oxygens (including phenoxy) is 1. The molecular formula is C11H14F2O2. The number of hydrogen-bond donors (Lipinski definition) is 1. The molecule has 1 aromatic carbocycles. The van der Waals surface area contributed by atoms with Gasteiger partial charge in [0.15, 0.2) is 0 Å². The van der Waals surface area contributed by atoms with E-state index in [1.807, 2.05) is 0 Å². The summed E-state index contributed by atoms with van der Waals surface area (Å²) in [5, 5.41) is 9.75. The van der Waals surface area contributed by atoms with Gasteiger partial charge in [0, 0.05) is 12.7 Å². The van der Waals surface area contributed by atoms with Crippen LogP contribution in [0.2, 0.25) is 0 Å². The van der Waals surface area contributed by atoms with E-state index in [4.69, 9.17) is 4.74 Å². The monoisotopic (exact) mass is 216 g/mol. The first-order valence-corrected chi connectivity index (χ1v) is 4.76. The van der Waals surface area contributed by atoms with Crippen LogP contribution in [-0.4, -0.2) is 18.3 Å². The van der Waals surface area contributed by atoms with Crippen molar-refractivity contribution in [1.82, 2.24) is 0 Å². The molecule has 0 aliphatic heterocycles. The van der Waals surface area contributed by atoms with Crippen LogP contribution in [0, 0.1) is 11.6 Å². The Morgan fingerprint density at radius 1 is 1.40 bits per heavy atom. The van der Waals surface area contributed by atoms with Crippen molar-refractivity contribution in [1.29, 1.82) is 0 Å². The maximum atomic E-state index is 13.3. The first-order chi connectivity index (χ1) is 7.10. The fourth-order valence-electron chi connectivity index (χ4n) is 1.46. The third kappa shape index (κ3) is 2.73. The molecule has 84 valence electrons. The fraction of sp³-hybridized carbons (Fsp3) is 0.455. The van der Waals surface area contributed by atoms with Crippen molar-refractivity contribution < 1.29 is 18.6 Å². The predicted molar refractivity (Wildman–Crippen MR) is 52.4 cm³/mol. The molecule has 2 atom stereocenters. The van der Waals surface area contributed by atoms with E-state index >= 15 is 0 Å². The molecular weight excluding hydrogens is 202 g/mol. The van der Waals surface area contributed by atoms with Gasteiger partial charge in [0.25, 0.3) is 0 Å². The van der Waals surface area contributed by atoms with E-state index in [0.29, 0.717) is 6.42 Å². The van der Waals surface area contributed by atoms with Gasteiger partial charge in [-0.2, -0.15) is 0 Å². The molecule has 0 radical (unpaired) electrons. The first kappa shape index (κ1) is 12.1. The molecule has 4 heteroatoms. The molecule has 0 aliphatic carbocycles. The molecule has 0 fully saturated rings. The molecule has 0 spiro atoms. The van der Waals surface area contributed by atoms with E-state index in [0.717, 1.165) is 18.2 Å². The molecule has 2 nitrogen and oxygen atoms in total. The third-order valence-corrected chi connectivity index (χ3v) is 2.33. The van der Waals surface area contributed by atoms with E-state index in [1.54, 1.807) is 6.92 Å². The highest BCUT2D eigenvalue weighted by Crippen LogP contribution is 2.24. The number of rotatable bonds is 4. The van der Waals surface area contributed by atoms with Crippen LogP contribution in [0.3, 0.4) is 0 Å². The van der Waals surface area contributed by atoms with E-state index in [2.05, 4.69) is 0 Å². The highest BCUT2D eigenvalue weighted by atomic mass is 19.1. The zero-order chi connectivity index (χ0) is 11.4. The standard InChI is InChI=1S/C11H14F2O2/c1-3-10(15-2)11(14)8-6-7(12)4-5-9(8)13/h4-6,10-11,14H,3H2,1-2H3. The van der Waals surface area contributed by atoms with Crippen LogP contribution in [0.4, 0.5) is 8.78 Å². The largest absolute Gasteiger partial charge is 0.386 e.